The van der Waals surface area contributed by atoms with Crippen molar-refractivity contribution in [2.75, 3.05) is 12.3 Å². The van der Waals surface area contributed by atoms with E-state index in [0.29, 0.717) is 10.6 Å². The van der Waals surface area contributed by atoms with Crippen molar-refractivity contribution in [2.45, 2.75) is 38.6 Å². The molecule has 0 aliphatic rings. The molecule has 0 aliphatic heterocycles. The highest BCUT2D eigenvalue weighted by Crippen LogP contribution is 2.21. The first-order chi connectivity index (χ1) is 8.34. The predicted octanol–water partition coefficient (Wildman–Crippen LogP) is 2.96. The Labute approximate surface area is 111 Å². The number of nitrogens with one attached hydrogen (secondary N) is 1. The van der Waals surface area contributed by atoms with Crippen molar-refractivity contribution in [2.24, 2.45) is 5.41 Å². The fourth-order valence-corrected chi connectivity index (χ4v) is 3.25. The van der Waals surface area contributed by atoms with Crippen molar-refractivity contribution in [1.82, 2.24) is 5.32 Å². The molecule has 1 rings (SSSR count). The van der Waals surface area contributed by atoms with Gasteiger partial charge in [-0.25, -0.2) is 4.39 Å². The lowest BCUT2D eigenvalue weighted by Crippen LogP contribution is -2.44. The highest BCUT2D eigenvalue weighted by atomic mass is 32.2. The van der Waals surface area contributed by atoms with E-state index in [0.717, 1.165) is 6.54 Å². The maximum absolute atomic E-state index is 12.8. The largest absolute Gasteiger partial charge is 0.313 e. The van der Waals surface area contributed by atoms with Crippen molar-refractivity contribution >= 4 is 10.8 Å². The zero-order valence-electron chi connectivity index (χ0n) is 11.5. The first kappa shape index (κ1) is 15.3. The minimum atomic E-state index is -1.10. The molecule has 0 saturated heterocycles. The lowest BCUT2D eigenvalue weighted by Gasteiger charge is -2.31. The molecule has 2 atom stereocenters. The lowest BCUT2D eigenvalue weighted by atomic mass is 9.88. The van der Waals surface area contributed by atoms with Crippen LogP contribution in [0.5, 0.6) is 0 Å². The molecule has 0 spiro atoms. The van der Waals surface area contributed by atoms with Crippen LogP contribution in [0.4, 0.5) is 4.39 Å². The van der Waals surface area contributed by atoms with E-state index < -0.39 is 10.8 Å². The van der Waals surface area contributed by atoms with Gasteiger partial charge < -0.3 is 5.32 Å². The SMILES string of the molecule is CCNC(CS(=O)c1ccc(F)cc1)C(C)(C)C. The van der Waals surface area contributed by atoms with E-state index in [1.165, 1.54) is 12.1 Å². The minimum absolute atomic E-state index is 0.0473. The van der Waals surface area contributed by atoms with Crippen molar-refractivity contribution < 1.29 is 8.60 Å². The molecule has 2 nitrogen and oxygen atoms in total. The van der Waals surface area contributed by atoms with Crippen molar-refractivity contribution in [3.63, 3.8) is 0 Å². The van der Waals surface area contributed by atoms with Gasteiger partial charge >= 0.3 is 0 Å². The number of benzene rings is 1. The molecule has 0 fully saturated rings. The molecule has 0 amide bonds. The molecule has 1 aromatic rings. The molecule has 102 valence electrons. The zero-order chi connectivity index (χ0) is 13.8. The number of hydrogen-bond donors (Lipinski definition) is 1. The summed E-state index contributed by atoms with van der Waals surface area (Å²) in [7, 11) is -1.10. The minimum Gasteiger partial charge on any atom is -0.313 e. The third-order valence-electron chi connectivity index (χ3n) is 2.89. The molecule has 0 saturated carbocycles. The van der Waals surface area contributed by atoms with E-state index in [4.69, 9.17) is 0 Å². The lowest BCUT2D eigenvalue weighted by molar-refractivity contribution is 0.294. The highest BCUT2D eigenvalue weighted by molar-refractivity contribution is 7.85. The Kier molecular flexibility index (Phi) is 5.47. The van der Waals surface area contributed by atoms with Gasteiger partial charge in [-0.05, 0) is 36.2 Å². The van der Waals surface area contributed by atoms with Crippen LogP contribution in [0.1, 0.15) is 27.7 Å². The average Bonchev–Trinajstić information content (AvgIpc) is 2.28. The molecule has 0 radical (unpaired) electrons. The maximum Gasteiger partial charge on any atom is 0.123 e. The fraction of sp³-hybridized carbons (Fsp3) is 0.571. The Morgan fingerprint density at radius 2 is 1.83 bits per heavy atom. The predicted molar refractivity (Wildman–Crippen MR) is 74.6 cm³/mol. The van der Waals surface area contributed by atoms with Gasteiger partial charge in [-0.15, -0.1) is 0 Å². The summed E-state index contributed by atoms with van der Waals surface area (Å²) >= 11 is 0. The van der Waals surface area contributed by atoms with Crippen LogP contribution < -0.4 is 5.32 Å². The number of hydrogen-bond acceptors (Lipinski definition) is 2. The van der Waals surface area contributed by atoms with E-state index >= 15 is 0 Å². The van der Waals surface area contributed by atoms with Gasteiger partial charge in [-0.3, -0.25) is 4.21 Å². The quantitative estimate of drug-likeness (QED) is 0.892. The average molecular weight is 271 g/mol. The smallest absolute Gasteiger partial charge is 0.123 e. The molecule has 1 N–H and O–H groups in total. The van der Waals surface area contributed by atoms with Crippen LogP contribution in [0.25, 0.3) is 0 Å². The first-order valence-corrected chi connectivity index (χ1v) is 7.54. The van der Waals surface area contributed by atoms with Gasteiger partial charge in [-0.2, -0.15) is 0 Å². The van der Waals surface area contributed by atoms with Crippen molar-refractivity contribution in [1.29, 1.82) is 0 Å². The molecule has 0 bridgehead atoms. The van der Waals surface area contributed by atoms with Gasteiger partial charge in [0.1, 0.15) is 5.82 Å². The molecule has 0 heterocycles. The molecule has 18 heavy (non-hydrogen) atoms. The summed E-state index contributed by atoms with van der Waals surface area (Å²) in [6, 6.07) is 6.07. The van der Waals surface area contributed by atoms with Crippen LogP contribution in [0.3, 0.4) is 0 Å². The second-order valence-electron chi connectivity index (χ2n) is 5.44. The fourth-order valence-electron chi connectivity index (χ4n) is 1.70. The summed E-state index contributed by atoms with van der Waals surface area (Å²) in [5, 5.41) is 3.37. The van der Waals surface area contributed by atoms with Gasteiger partial charge in [0.05, 0.1) is 10.8 Å². The topological polar surface area (TPSA) is 29.1 Å². The second kappa shape index (κ2) is 6.43. The third kappa shape index (κ3) is 4.50. The van der Waals surface area contributed by atoms with Crippen LogP contribution in [0, 0.1) is 11.2 Å². The zero-order valence-corrected chi connectivity index (χ0v) is 12.3. The van der Waals surface area contributed by atoms with Gasteiger partial charge in [0.25, 0.3) is 0 Å². The van der Waals surface area contributed by atoms with E-state index in [1.54, 1.807) is 12.1 Å². The molecule has 4 heteroatoms. The standard InChI is InChI=1S/C14H22FNOS/c1-5-16-13(14(2,3)4)10-18(17)12-8-6-11(15)7-9-12/h6-9,13,16H,5,10H2,1-4H3. The normalized spacial score (nSPS) is 15.4. The van der Waals surface area contributed by atoms with E-state index in [1.807, 2.05) is 6.92 Å². The van der Waals surface area contributed by atoms with Crippen LogP contribution in [-0.2, 0) is 10.8 Å². The van der Waals surface area contributed by atoms with Crippen LogP contribution in [-0.4, -0.2) is 22.5 Å². The summed E-state index contributed by atoms with van der Waals surface area (Å²) in [6.45, 7) is 9.27. The van der Waals surface area contributed by atoms with Gasteiger partial charge in [0.2, 0.25) is 0 Å². The van der Waals surface area contributed by atoms with Gasteiger partial charge in [0, 0.05) is 16.7 Å². The van der Waals surface area contributed by atoms with E-state index in [2.05, 4.69) is 26.1 Å². The Morgan fingerprint density at radius 1 is 1.28 bits per heavy atom. The molecule has 0 aliphatic carbocycles. The Balaban J connectivity index is 2.75. The Hall–Kier alpha value is -0.740. The molecule has 0 aromatic heterocycles. The van der Waals surface area contributed by atoms with Crippen LogP contribution >= 0.6 is 0 Å². The number of rotatable bonds is 5. The summed E-state index contributed by atoms with van der Waals surface area (Å²) in [6.07, 6.45) is 0. The highest BCUT2D eigenvalue weighted by Gasteiger charge is 2.25. The molecule has 2 unspecified atom stereocenters. The monoisotopic (exact) mass is 271 g/mol. The number of halogens is 1. The third-order valence-corrected chi connectivity index (χ3v) is 4.32. The second-order valence-corrected chi connectivity index (χ2v) is 6.94. The summed E-state index contributed by atoms with van der Waals surface area (Å²) < 4.78 is 25.0. The molecule has 1 aromatic carbocycles. The molecular weight excluding hydrogens is 249 g/mol. The summed E-state index contributed by atoms with van der Waals surface area (Å²) in [4.78, 5) is 0.684. The summed E-state index contributed by atoms with van der Waals surface area (Å²) in [5.41, 5.74) is 0.0473. The van der Waals surface area contributed by atoms with Crippen LogP contribution in [0.2, 0.25) is 0 Å². The molecular formula is C14H22FNOS. The van der Waals surface area contributed by atoms with Gasteiger partial charge in [0.15, 0.2) is 0 Å². The van der Waals surface area contributed by atoms with Crippen LogP contribution in [0.15, 0.2) is 29.2 Å². The first-order valence-electron chi connectivity index (χ1n) is 6.22. The van der Waals surface area contributed by atoms with Crippen molar-refractivity contribution in [3.8, 4) is 0 Å². The van der Waals surface area contributed by atoms with Crippen molar-refractivity contribution in [3.05, 3.63) is 30.1 Å². The van der Waals surface area contributed by atoms with E-state index in [-0.39, 0.29) is 17.3 Å². The van der Waals surface area contributed by atoms with Gasteiger partial charge in [-0.1, -0.05) is 27.7 Å². The Bertz CT molecular complexity index is 397. The maximum atomic E-state index is 12.8. The Morgan fingerprint density at radius 3 is 2.28 bits per heavy atom. The summed E-state index contributed by atoms with van der Waals surface area (Å²) in [5.74, 6) is 0.248. The van der Waals surface area contributed by atoms with E-state index in [9.17, 15) is 8.60 Å².